The zero-order valence-corrected chi connectivity index (χ0v) is 5.42. The molecule has 0 bridgehead atoms. The van der Waals surface area contributed by atoms with Gasteiger partial charge in [-0.15, -0.1) is 0 Å². The molecule has 3 nitrogen and oxygen atoms in total. The Balaban J connectivity index is 2.43. The lowest BCUT2D eigenvalue weighted by molar-refractivity contribution is -0.132. The van der Waals surface area contributed by atoms with E-state index in [4.69, 9.17) is 15.3 Å². The maximum Gasteiger partial charge on any atom is 0.160 e. The first kappa shape index (κ1) is 6.71. The first-order valence-corrected chi connectivity index (χ1v) is 3.08. The van der Waals surface area contributed by atoms with Crippen molar-refractivity contribution in [1.29, 1.82) is 5.41 Å². The molecule has 0 aliphatic carbocycles. The lowest BCUT2D eigenvalue weighted by Crippen LogP contribution is -2.30. The van der Waals surface area contributed by atoms with Crippen LogP contribution >= 0.6 is 0 Å². The van der Waals surface area contributed by atoms with E-state index < -0.39 is 6.29 Å². The van der Waals surface area contributed by atoms with E-state index in [1.54, 1.807) is 0 Å². The van der Waals surface area contributed by atoms with Gasteiger partial charge in [0.15, 0.2) is 6.29 Å². The SMILES string of the molecule is CC1CC(=N)CC(O)O1. The van der Waals surface area contributed by atoms with Crippen LogP contribution in [0.15, 0.2) is 0 Å². The Hall–Kier alpha value is -0.410. The molecule has 0 spiro atoms. The van der Waals surface area contributed by atoms with Gasteiger partial charge in [-0.25, -0.2) is 0 Å². The summed E-state index contributed by atoms with van der Waals surface area (Å²) in [6.07, 6.45) is 0.323. The molecule has 2 atom stereocenters. The molecule has 2 N–H and O–H groups in total. The molecule has 0 amide bonds. The minimum atomic E-state index is -0.735. The van der Waals surface area contributed by atoms with E-state index in [9.17, 15) is 0 Å². The van der Waals surface area contributed by atoms with E-state index in [1.165, 1.54) is 0 Å². The van der Waals surface area contributed by atoms with Crippen LogP contribution in [0.4, 0.5) is 0 Å². The topological polar surface area (TPSA) is 53.3 Å². The summed E-state index contributed by atoms with van der Waals surface area (Å²) in [4.78, 5) is 0. The van der Waals surface area contributed by atoms with E-state index in [-0.39, 0.29) is 6.10 Å². The highest BCUT2D eigenvalue weighted by atomic mass is 16.6. The smallest absolute Gasteiger partial charge is 0.160 e. The molecule has 9 heavy (non-hydrogen) atoms. The predicted octanol–water partition coefficient (Wildman–Crippen LogP) is 0.523. The maximum atomic E-state index is 8.89. The molecule has 1 rings (SSSR count). The first-order valence-electron chi connectivity index (χ1n) is 3.08. The van der Waals surface area contributed by atoms with Crippen LogP contribution in [0, 0.1) is 5.41 Å². The van der Waals surface area contributed by atoms with Gasteiger partial charge in [0, 0.05) is 18.6 Å². The average molecular weight is 129 g/mol. The standard InChI is InChI=1S/C6H11NO2/c1-4-2-5(7)3-6(8)9-4/h4,6-8H,2-3H2,1H3. The summed E-state index contributed by atoms with van der Waals surface area (Å²) >= 11 is 0. The van der Waals surface area contributed by atoms with Gasteiger partial charge in [-0.05, 0) is 6.92 Å². The Labute approximate surface area is 54.2 Å². The number of hydrogen-bond donors (Lipinski definition) is 2. The number of aliphatic hydroxyl groups excluding tert-OH is 1. The molecule has 1 fully saturated rings. The normalized spacial score (nSPS) is 36.9. The van der Waals surface area contributed by atoms with Crippen LogP contribution in [0.2, 0.25) is 0 Å². The third-order valence-corrected chi connectivity index (χ3v) is 1.34. The lowest BCUT2D eigenvalue weighted by Gasteiger charge is -2.24. The minimum Gasteiger partial charge on any atom is -0.368 e. The molecule has 0 aromatic carbocycles. The fraction of sp³-hybridized carbons (Fsp3) is 0.833. The third-order valence-electron chi connectivity index (χ3n) is 1.34. The van der Waals surface area contributed by atoms with Crippen molar-refractivity contribution in [2.24, 2.45) is 0 Å². The Bertz CT molecular complexity index is 112. The van der Waals surface area contributed by atoms with Gasteiger partial charge in [0.1, 0.15) is 0 Å². The van der Waals surface area contributed by atoms with Crippen LogP contribution in [-0.2, 0) is 4.74 Å². The largest absolute Gasteiger partial charge is 0.368 e. The molecule has 1 aliphatic rings. The van der Waals surface area contributed by atoms with Crippen molar-refractivity contribution in [1.82, 2.24) is 0 Å². The van der Waals surface area contributed by atoms with Gasteiger partial charge < -0.3 is 15.3 Å². The molecule has 0 radical (unpaired) electrons. The zero-order chi connectivity index (χ0) is 6.85. The highest BCUT2D eigenvalue weighted by Crippen LogP contribution is 2.13. The highest BCUT2D eigenvalue weighted by molar-refractivity contribution is 5.82. The number of hydrogen-bond acceptors (Lipinski definition) is 3. The van der Waals surface area contributed by atoms with Crippen LogP contribution < -0.4 is 0 Å². The van der Waals surface area contributed by atoms with Crippen LogP contribution in [0.25, 0.3) is 0 Å². The molecule has 0 saturated carbocycles. The van der Waals surface area contributed by atoms with Gasteiger partial charge in [-0.2, -0.15) is 0 Å². The molecule has 1 saturated heterocycles. The van der Waals surface area contributed by atoms with Gasteiger partial charge in [-0.3, -0.25) is 0 Å². The Morgan fingerprint density at radius 2 is 2.33 bits per heavy atom. The van der Waals surface area contributed by atoms with Crippen LogP contribution in [-0.4, -0.2) is 23.2 Å². The number of rotatable bonds is 0. The number of nitrogens with one attached hydrogen (secondary N) is 1. The van der Waals surface area contributed by atoms with Gasteiger partial charge in [0.05, 0.1) is 6.10 Å². The molecular formula is C6H11NO2. The summed E-state index contributed by atoms with van der Waals surface area (Å²) in [6.45, 7) is 1.86. The average Bonchev–Trinajstić information content (AvgIpc) is 1.59. The van der Waals surface area contributed by atoms with Gasteiger partial charge in [0.25, 0.3) is 0 Å². The van der Waals surface area contributed by atoms with E-state index in [0.717, 1.165) is 0 Å². The van der Waals surface area contributed by atoms with E-state index in [1.807, 2.05) is 6.92 Å². The molecule has 1 aliphatic heterocycles. The van der Waals surface area contributed by atoms with Crippen molar-refractivity contribution in [2.75, 3.05) is 0 Å². The molecule has 0 aromatic heterocycles. The Morgan fingerprint density at radius 1 is 1.67 bits per heavy atom. The van der Waals surface area contributed by atoms with Crippen molar-refractivity contribution in [2.45, 2.75) is 32.2 Å². The first-order chi connectivity index (χ1) is 4.18. The minimum absolute atomic E-state index is 0.0150. The molecule has 3 heteroatoms. The highest BCUT2D eigenvalue weighted by Gasteiger charge is 2.19. The summed E-state index contributed by atoms with van der Waals surface area (Å²) in [6, 6.07) is 0. The van der Waals surface area contributed by atoms with Crippen molar-refractivity contribution >= 4 is 5.71 Å². The fourth-order valence-corrected chi connectivity index (χ4v) is 1.01. The molecule has 2 unspecified atom stereocenters. The molecular weight excluding hydrogens is 118 g/mol. The Morgan fingerprint density at radius 3 is 2.78 bits per heavy atom. The van der Waals surface area contributed by atoms with Crippen molar-refractivity contribution < 1.29 is 9.84 Å². The van der Waals surface area contributed by atoms with Crippen LogP contribution in [0.1, 0.15) is 19.8 Å². The van der Waals surface area contributed by atoms with Crippen LogP contribution in [0.5, 0.6) is 0 Å². The second-order valence-corrected chi connectivity index (χ2v) is 2.41. The van der Waals surface area contributed by atoms with E-state index in [2.05, 4.69) is 0 Å². The summed E-state index contributed by atoms with van der Waals surface area (Å²) in [5, 5.41) is 16.1. The lowest BCUT2D eigenvalue weighted by atomic mass is 10.1. The quantitative estimate of drug-likeness (QED) is 0.501. The monoisotopic (exact) mass is 129 g/mol. The second-order valence-electron chi connectivity index (χ2n) is 2.41. The van der Waals surface area contributed by atoms with Gasteiger partial charge in [-0.1, -0.05) is 0 Å². The molecule has 1 heterocycles. The summed E-state index contributed by atoms with van der Waals surface area (Å²) in [5.41, 5.74) is 0.584. The van der Waals surface area contributed by atoms with Gasteiger partial charge in [0.2, 0.25) is 0 Å². The number of ether oxygens (including phenoxy) is 1. The number of aliphatic hydroxyl groups is 1. The van der Waals surface area contributed by atoms with E-state index >= 15 is 0 Å². The zero-order valence-electron chi connectivity index (χ0n) is 5.42. The predicted molar refractivity (Wildman–Crippen MR) is 33.5 cm³/mol. The Kier molecular flexibility index (Phi) is 1.83. The summed E-state index contributed by atoms with van der Waals surface area (Å²) in [7, 11) is 0. The maximum absolute atomic E-state index is 8.89. The van der Waals surface area contributed by atoms with E-state index in [0.29, 0.717) is 18.6 Å². The molecule has 0 aromatic rings. The van der Waals surface area contributed by atoms with Crippen molar-refractivity contribution in [3.63, 3.8) is 0 Å². The second kappa shape index (κ2) is 2.45. The summed E-state index contributed by atoms with van der Waals surface area (Å²) in [5.74, 6) is 0. The fourth-order valence-electron chi connectivity index (χ4n) is 1.01. The van der Waals surface area contributed by atoms with Gasteiger partial charge >= 0.3 is 0 Å². The van der Waals surface area contributed by atoms with Crippen molar-refractivity contribution in [3.8, 4) is 0 Å². The van der Waals surface area contributed by atoms with Crippen molar-refractivity contribution in [3.05, 3.63) is 0 Å². The summed E-state index contributed by atoms with van der Waals surface area (Å²) < 4.78 is 4.97. The van der Waals surface area contributed by atoms with Crippen LogP contribution in [0.3, 0.4) is 0 Å². The molecule has 52 valence electrons. The third kappa shape index (κ3) is 1.77.